The summed E-state index contributed by atoms with van der Waals surface area (Å²) in [5, 5.41) is 19.3. The summed E-state index contributed by atoms with van der Waals surface area (Å²) in [7, 11) is 1.60. The zero-order valence-electron chi connectivity index (χ0n) is 9.48. The highest BCUT2D eigenvalue weighted by Crippen LogP contribution is 2.24. The van der Waals surface area contributed by atoms with Gasteiger partial charge in [0.2, 0.25) is 0 Å². The molecule has 2 atom stereocenters. The number of halogens is 1. The van der Waals surface area contributed by atoms with Crippen LogP contribution in [0.2, 0.25) is 5.02 Å². The average molecular weight is 245 g/mol. The van der Waals surface area contributed by atoms with Gasteiger partial charge in [-0.2, -0.15) is 0 Å². The van der Waals surface area contributed by atoms with E-state index in [1.807, 2.05) is 6.07 Å². The van der Waals surface area contributed by atoms with Crippen molar-refractivity contribution in [1.82, 2.24) is 0 Å². The van der Waals surface area contributed by atoms with E-state index in [4.69, 9.17) is 16.3 Å². The molecule has 0 amide bonds. The molecule has 0 spiro atoms. The van der Waals surface area contributed by atoms with E-state index in [9.17, 15) is 10.2 Å². The smallest absolute Gasteiger partial charge is 0.122 e. The molecule has 0 aliphatic rings. The normalized spacial score (nSPS) is 14.6. The van der Waals surface area contributed by atoms with Gasteiger partial charge >= 0.3 is 0 Å². The second kappa shape index (κ2) is 6.09. The zero-order valence-corrected chi connectivity index (χ0v) is 10.2. The van der Waals surface area contributed by atoms with Gasteiger partial charge in [0.15, 0.2) is 0 Å². The predicted octanol–water partition coefficient (Wildman–Crippen LogP) is 2.02. The van der Waals surface area contributed by atoms with E-state index in [-0.39, 0.29) is 0 Å². The Morgan fingerprint density at radius 3 is 2.62 bits per heavy atom. The molecule has 1 rings (SSSR count). The van der Waals surface area contributed by atoms with Gasteiger partial charge in [-0.25, -0.2) is 0 Å². The quantitative estimate of drug-likeness (QED) is 0.833. The number of ether oxygens (including phenoxy) is 1. The molecule has 1 aromatic rings. The Morgan fingerprint density at radius 2 is 2.06 bits per heavy atom. The highest BCUT2D eigenvalue weighted by molar-refractivity contribution is 6.30. The number of aliphatic hydroxyl groups is 2. The average Bonchev–Trinajstić information content (AvgIpc) is 2.25. The van der Waals surface area contributed by atoms with Crippen LogP contribution in [-0.4, -0.2) is 29.5 Å². The van der Waals surface area contributed by atoms with Gasteiger partial charge in [0.05, 0.1) is 19.3 Å². The number of benzene rings is 1. The summed E-state index contributed by atoms with van der Waals surface area (Å²) >= 11 is 5.88. The van der Waals surface area contributed by atoms with Crippen LogP contribution in [0.3, 0.4) is 0 Å². The molecular weight excluding hydrogens is 228 g/mol. The summed E-state index contributed by atoms with van der Waals surface area (Å²) in [4.78, 5) is 0. The first-order valence-electron chi connectivity index (χ1n) is 5.23. The number of methoxy groups -OCH3 is 1. The maximum Gasteiger partial charge on any atom is 0.122 e. The van der Waals surface area contributed by atoms with Crippen LogP contribution in [-0.2, 0) is 6.42 Å². The molecule has 0 fully saturated rings. The molecule has 0 radical (unpaired) electrons. The Labute approximate surface area is 101 Å². The van der Waals surface area contributed by atoms with Crippen LogP contribution in [0, 0.1) is 0 Å². The molecule has 1 aromatic carbocycles. The van der Waals surface area contributed by atoms with Gasteiger partial charge in [0.1, 0.15) is 5.75 Å². The number of hydrogen-bond donors (Lipinski definition) is 2. The highest BCUT2D eigenvalue weighted by atomic mass is 35.5. The van der Waals surface area contributed by atoms with Crippen molar-refractivity contribution in [3.05, 3.63) is 28.8 Å². The Kier molecular flexibility index (Phi) is 5.06. The van der Waals surface area contributed by atoms with Gasteiger partial charge in [-0.05, 0) is 43.5 Å². The van der Waals surface area contributed by atoms with Crippen LogP contribution >= 0.6 is 11.6 Å². The minimum absolute atomic E-state index is 0.481. The summed E-state index contributed by atoms with van der Waals surface area (Å²) in [5.41, 5.74) is 0.940. The fourth-order valence-electron chi connectivity index (χ4n) is 1.49. The molecule has 90 valence electrons. The largest absolute Gasteiger partial charge is 0.496 e. The highest BCUT2D eigenvalue weighted by Gasteiger charge is 2.12. The van der Waals surface area contributed by atoms with Gasteiger partial charge < -0.3 is 14.9 Å². The maximum atomic E-state index is 9.50. The first-order chi connectivity index (χ1) is 7.54. The summed E-state index contributed by atoms with van der Waals surface area (Å²) in [5.74, 6) is 0.752. The molecular formula is C12H17ClO3. The Bertz CT molecular complexity index is 339. The first kappa shape index (κ1) is 13.3. The van der Waals surface area contributed by atoms with Crippen molar-refractivity contribution < 1.29 is 14.9 Å². The van der Waals surface area contributed by atoms with E-state index < -0.39 is 12.2 Å². The molecule has 3 nitrogen and oxygen atoms in total. The lowest BCUT2D eigenvalue weighted by Gasteiger charge is -2.14. The lowest BCUT2D eigenvalue weighted by Crippen LogP contribution is -2.22. The first-order valence-corrected chi connectivity index (χ1v) is 5.61. The van der Waals surface area contributed by atoms with E-state index in [2.05, 4.69) is 0 Å². The van der Waals surface area contributed by atoms with E-state index in [1.54, 1.807) is 26.2 Å². The van der Waals surface area contributed by atoms with E-state index >= 15 is 0 Å². The molecule has 0 aromatic heterocycles. The van der Waals surface area contributed by atoms with Crippen molar-refractivity contribution in [2.75, 3.05) is 7.11 Å². The number of hydrogen-bond acceptors (Lipinski definition) is 3. The monoisotopic (exact) mass is 244 g/mol. The third kappa shape index (κ3) is 3.67. The summed E-state index contributed by atoms with van der Waals surface area (Å²) in [6.07, 6.45) is -0.335. The predicted molar refractivity (Wildman–Crippen MR) is 64.0 cm³/mol. The molecule has 0 aliphatic carbocycles. The van der Waals surface area contributed by atoms with Crippen molar-refractivity contribution in [2.45, 2.75) is 32.0 Å². The molecule has 0 aliphatic heterocycles. The van der Waals surface area contributed by atoms with Gasteiger partial charge in [0, 0.05) is 5.02 Å². The van der Waals surface area contributed by atoms with Gasteiger partial charge in [-0.1, -0.05) is 11.6 Å². The summed E-state index contributed by atoms with van der Waals surface area (Å²) < 4.78 is 5.19. The van der Waals surface area contributed by atoms with E-state index in [0.717, 1.165) is 11.3 Å². The van der Waals surface area contributed by atoms with Crippen LogP contribution in [0.5, 0.6) is 5.75 Å². The lowest BCUT2D eigenvalue weighted by atomic mass is 10.0. The molecule has 16 heavy (non-hydrogen) atoms. The van der Waals surface area contributed by atoms with E-state index in [1.165, 1.54) is 0 Å². The summed E-state index contributed by atoms with van der Waals surface area (Å²) in [6.45, 7) is 1.57. The van der Waals surface area contributed by atoms with Crippen LogP contribution in [0.1, 0.15) is 18.9 Å². The third-order valence-electron chi connectivity index (χ3n) is 2.51. The van der Waals surface area contributed by atoms with Crippen LogP contribution in [0.25, 0.3) is 0 Å². The fourth-order valence-corrected chi connectivity index (χ4v) is 1.68. The minimum Gasteiger partial charge on any atom is -0.496 e. The topological polar surface area (TPSA) is 49.7 Å². The van der Waals surface area contributed by atoms with Crippen LogP contribution in [0.4, 0.5) is 0 Å². The van der Waals surface area contributed by atoms with Crippen molar-refractivity contribution >= 4 is 11.6 Å². The summed E-state index contributed by atoms with van der Waals surface area (Å²) in [6, 6.07) is 5.37. The molecule has 0 heterocycles. The molecule has 0 bridgehead atoms. The minimum atomic E-state index is -0.719. The van der Waals surface area contributed by atoms with Crippen LogP contribution in [0.15, 0.2) is 18.2 Å². The second-order valence-electron chi connectivity index (χ2n) is 3.80. The van der Waals surface area contributed by atoms with Gasteiger partial charge in [-0.15, -0.1) is 0 Å². The Balaban J connectivity index is 2.68. The zero-order chi connectivity index (χ0) is 12.1. The van der Waals surface area contributed by atoms with E-state index in [0.29, 0.717) is 17.9 Å². The van der Waals surface area contributed by atoms with Crippen LogP contribution < -0.4 is 4.74 Å². The van der Waals surface area contributed by atoms with Crippen molar-refractivity contribution in [3.63, 3.8) is 0 Å². The molecule has 4 heteroatoms. The number of rotatable bonds is 5. The SMILES string of the molecule is COc1ccc(Cl)cc1CCC(O)C(C)O. The van der Waals surface area contributed by atoms with Crippen molar-refractivity contribution in [3.8, 4) is 5.75 Å². The van der Waals surface area contributed by atoms with Crippen molar-refractivity contribution in [1.29, 1.82) is 0 Å². The maximum absolute atomic E-state index is 9.50. The standard InChI is InChI=1S/C12H17ClO3/c1-8(14)11(15)5-3-9-7-10(13)4-6-12(9)16-2/h4,6-8,11,14-15H,3,5H2,1-2H3. The molecule has 0 saturated carbocycles. The molecule has 2 N–H and O–H groups in total. The molecule has 0 saturated heterocycles. The Morgan fingerprint density at radius 1 is 1.38 bits per heavy atom. The second-order valence-corrected chi connectivity index (χ2v) is 4.24. The molecule has 2 unspecified atom stereocenters. The van der Waals surface area contributed by atoms with Gasteiger partial charge in [-0.3, -0.25) is 0 Å². The number of aryl methyl sites for hydroxylation is 1. The fraction of sp³-hybridized carbons (Fsp3) is 0.500. The third-order valence-corrected chi connectivity index (χ3v) is 2.74. The Hall–Kier alpha value is -0.770. The van der Waals surface area contributed by atoms with Gasteiger partial charge in [0.25, 0.3) is 0 Å². The lowest BCUT2D eigenvalue weighted by molar-refractivity contribution is 0.0264. The number of aliphatic hydroxyl groups excluding tert-OH is 2. The van der Waals surface area contributed by atoms with Crippen molar-refractivity contribution in [2.24, 2.45) is 0 Å².